The van der Waals surface area contributed by atoms with Crippen molar-refractivity contribution < 1.29 is 5.11 Å². The van der Waals surface area contributed by atoms with Crippen LogP contribution >= 0.6 is 23.8 Å². The molecule has 0 saturated carbocycles. The van der Waals surface area contributed by atoms with Gasteiger partial charge in [-0.1, -0.05) is 23.8 Å². The van der Waals surface area contributed by atoms with Gasteiger partial charge in [0.2, 0.25) is 0 Å². The Morgan fingerprint density at radius 3 is 2.53 bits per heavy atom. The maximum absolute atomic E-state index is 8.93. The molecule has 1 aromatic carbocycles. The van der Waals surface area contributed by atoms with Gasteiger partial charge in [0.05, 0.1) is 17.3 Å². The second kappa shape index (κ2) is 6.52. The van der Waals surface area contributed by atoms with Crippen LogP contribution in [0, 0.1) is 0 Å². The van der Waals surface area contributed by atoms with E-state index in [-0.39, 0.29) is 6.61 Å². The number of aliphatic hydroxyl groups is 1. The second-order valence-electron chi connectivity index (χ2n) is 4.58. The molecule has 1 saturated heterocycles. The molecule has 4 nitrogen and oxygen atoms in total. The maximum Gasteiger partial charge on any atom is 0.104 e. The zero-order valence-corrected chi connectivity index (χ0v) is 12.3. The van der Waals surface area contributed by atoms with Crippen LogP contribution in [0.5, 0.6) is 0 Å². The highest BCUT2D eigenvalue weighted by atomic mass is 35.5. The molecular formula is C13H18ClN3OS. The number of rotatable bonds is 4. The predicted octanol–water partition coefficient (Wildman–Crippen LogP) is 1.09. The molecular weight excluding hydrogens is 282 g/mol. The molecule has 6 heteroatoms. The molecule has 0 radical (unpaired) electrons. The van der Waals surface area contributed by atoms with Gasteiger partial charge in [0, 0.05) is 38.3 Å². The Bertz CT molecular complexity index is 461. The molecule has 104 valence electrons. The lowest BCUT2D eigenvalue weighted by Gasteiger charge is -2.36. The molecule has 0 amide bonds. The van der Waals surface area contributed by atoms with E-state index in [1.165, 1.54) is 0 Å². The van der Waals surface area contributed by atoms with Crippen LogP contribution in [0.3, 0.4) is 0 Å². The topological polar surface area (TPSA) is 52.7 Å². The van der Waals surface area contributed by atoms with Crippen LogP contribution in [-0.2, 0) is 0 Å². The van der Waals surface area contributed by atoms with Gasteiger partial charge in [-0.3, -0.25) is 4.90 Å². The zero-order valence-electron chi connectivity index (χ0n) is 10.7. The van der Waals surface area contributed by atoms with Crippen LogP contribution in [0.1, 0.15) is 5.56 Å². The number of nitrogens with two attached hydrogens (primary N) is 1. The smallest absolute Gasteiger partial charge is 0.104 e. The highest BCUT2D eigenvalue weighted by Crippen LogP contribution is 2.27. The van der Waals surface area contributed by atoms with Crippen molar-refractivity contribution in [2.24, 2.45) is 5.73 Å². The molecule has 19 heavy (non-hydrogen) atoms. The first kappa shape index (κ1) is 14.5. The summed E-state index contributed by atoms with van der Waals surface area (Å²) >= 11 is 11.2. The molecule has 0 spiro atoms. The normalized spacial score (nSPS) is 16.6. The van der Waals surface area contributed by atoms with Crippen molar-refractivity contribution in [1.29, 1.82) is 0 Å². The summed E-state index contributed by atoms with van der Waals surface area (Å²) in [5, 5.41) is 9.61. The molecule has 1 heterocycles. The number of thiocarbonyl (C=S) groups is 1. The summed E-state index contributed by atoms with van der Waals surface area (Å²) in [6.45, 7) is 4.64. The molecule has 0 aliphatic carbocycles. The highest BCUT2D eigenvalue weighted by molar-refractivity contribution is 7.80. The standard InChI is InChI=1S/C13H18ClN3OS/c14-11-9-10(13(15)19)1-2-12(11)17-5-3-16(4-6-17)7-8-18/h1-2,9,18H,3-8H2,(H2,15,19). The number of hydrogen-bond acceptors (Lipinski definition) is 4. The second-order valence-corrected chi connectivity index (χ2v) is 5.43. The van der Waals surface area contributed by atoms with Gasteiger partial charge in [0.1, 0.15) is 4.99 Å². The van der Waals surface area contributed by atoms with Crippen LogP contribution in [0.4, 0.5) is 5.69 Å². The van der Waals surface area contributed by atoms with E-state index < -0.39 is 0 Å². The molecule has 1 aliphatic heterocycles. The van der Waals surface area contributed by atoms with Crippen molar-refractivity contribution >= 4 is 34.5 Å². The van der Waals surface area contributed by atoms with Gasteiger partial charge >= 0.3 is 0 Å². The van der Waals surface area contributed by atoms with Crippen LogP contribution < -0.4 is 10.6 Å². The van der Waals surface area contributed by atoms with Crippen LogP contribution in [0.15, 0.2) is 18.2 Å². The van der Waals surface area contributed by atoms with Gasteiger partial charge in [-0.05, 0) is 18.2 Å². The number of β-amino-alcohol motifs (C(OH)–C–C–N with tert-alkyl or cyclic N) is 1. The fourth-order valence-electron chi connectivity index (χ4n) is 2.27. The van der Waals surface area contributed by atoms with Crippen molar-refractivity contribution in [3.05, 3.63) is 28.8 Å². The largest absolute Gasteiger partial charge is 0.395 e. The molecule has 1 aromatic rings. The third-order valence-electron chi connectivity index (χ3n) is 3.36. The number of piperazine rings is 1. The van der Waals surface area contributed by atoms with Crippen molar-refractivity contribution in [2.45, 2.75) is 0 Å². The van der Waals surface area contributed by atoms with Gasteiger partial charge in [-0.25, -0.2) is 0 Å². The Morgan fingerprint density at radius 1 is 1.32 bits per heavy atom. The Labute approximate surface area is 123 Å². The van der Waals surface area contributed by atoms with E-state index in [0.717, 1.165) is 44.0 Å². The van der Waals surface area contributed by atoms with Crippen LogP contribution in [0.2, 0.25) is 5.02 Å². The van der Waals surface area contributed by atoms with Gasteiger partial charge in [0.25, 0.3) is 0 Å². The Balaban J connectivity index is 2.05. The van der Waals surface area contributed by atoms with Gasteiger partial charge < -0.3 is 15.7 Å². The summed E-state index contributed by atoms with van der Waals surface area (Å²) in [7, 11) is 0. The van der Waals surface area contributed by atoms with Crippen molar-refractivity contribution in [1.82, 2.24) is 4.90 Å². The highest BCUT2D eigenvalue weighted by Gasteiger charge is 2.18. The molecule has 2 rings (SSSR count). The summed E-state index contributed by atoms with van der Waals surface area (Å²) in [4.78, 5) is 4.86. The molecule has 0 atom stereocenters. The number of nitrogens with zero attached hydrogens (tertiary/aromatic N) is 2. The van der Waals surface area contributed by atoms with Crippen LogP contribution in [0.25, 0.3) is 0 Å². The third-order valence-corrected chi connectivity index (χ3v) is 3.90. The predicted molar refractivity (Wildman–Crippen MR) is 83.1 cm³/mol. The fraction of sp³-hybridized carbons (Fsp3) is 0.462. The minimum Gasteiger partial charge on any atom is -0.395 e. The zero-order chi connectivity index (χ0) is 13.8. The minimum atomic E-state index is 0.212. The minimum absolute atomic E-state index is 0.212. The Hall–Kier alpha value is -0.880. The average Bonchev–Trinajstić information content (AvgIpc) is 2.40. The molecule has 0 aromatic heterocycles. The van der Waals surface area contributed by atoms with Crippen molar-refractivity contribution in [3.63, 3.8) is 0 Å². The van der Waals surface area contributed by atoms with Gasteiger partial charge in [0.15, 0.2) is 0 Å². The first-order chi connectivity index (χ1) is 9.11. The lowest BCUT2D eigenvalue weighted by Crippen LogP contribution is -2.47. The van der Waals surface area contributed by atoms with E-state index in [0.29, 0.717) is 10.0 Å². The monoisotopic (exact) mass is 299 g/mol. The summed E-state index contributed by atoms with van der Waals surface area (Å²) in [5.41, 5.74) is 7.40. The Kier molecular flexibility index (Phi) is 4.99. The van der Waals surface area contributed by atoms with Crippen LogP contribution in [-0.4, -0.2) is 54.3 Å². The van der Waals surface area contributed by atoms with Crippen molar-refractivity contribution in [3.8, 4) is 0 Å². The number of anilines is 1. The van der Waals surface area contributed by atoms with Gasteiger partial charge in [-0.2, -0.15) is 0 Å². The Morgan fingerprint density at radius 2 is 2.00 bits per heavy atom. The SMILES string of the molecule is NC(=S)c1ccc(N2CCN(CCO)CC2)c(Cl)c1. The summed E-state index contributed by atoms with van der Waals surface area (Å²) in [6, 6.07) is 5.70. The summed E-state index contributed by atoms with van der Waals surface area (Å²) < 4.78 is 0. The van der Waals surface area contributed by atoms with E-state index in [4.69, 9.17) is 34.7 Å². The first-order valence-electron chi connectivity index (χ1n) is 6.29. The quantitative estimate of drug-likeness (QED) is 0.815. The van der Waals surface area contributed by atoms with E-state index in [2.05, 4.69) is 9.80 Å². The molecule has 1 aliphatic rings. The van der Waals surface area contributed by atoms with E-state index in [9.17, 15) is 0 Å². The third kappa shape index (κ3) is 3.57. The maximum atomic E-state index is 8.93. The molecule has 0 unspecified atom stereocenters. The fourth-order valence-corrected chi connectivity index (χ4v) is 2.70. The lowest BCUT2D eigenvalue weighted by molar-refractivity contribution is 0.189. The van der Waals surface area contributed by atoms with E-state index in [1.807, 2.05) is 18.2 Å². The molecule has 3 N–H and O–H groups in total. The number of aliphatic hydroxyl groups excluding tert-OH is 1. The summed E-state index contributed by atoms with van der Waals surface area (Å²) in [6.07, 6.45) is 0. The average molecular weight is 300 g/mol. The van der Waals surface area contributed by atoms with Gasteiger partial charge in [-0.15, -0.1) is 0 Å². The van der Waals surface area contributed by atoms with Crippen molar-refractivity contribution in [2.75, 3.05) is 44.2 Å². The van der Waals surface area contributed by atoms with E-state index in [1.54, 1.807) is 0 Å². The first-order valence-corrected chi connectivity index (χ1v) is 7.08. The lowest BCUT2D eigenvalue weighted by atomic mass is 10.1. The molecule has 1 fully saturated rings. The number of benzene rings is 1. The van der Waals surface area contributed by atoms with E-state index >= 15 is 0 Å². The summed E-state index contributed by atoms with van der Waals surface area (Å²) in [5.74, 6) is 0. The number of hydrogen-bond donors (Lipinski definition) is 2. The molecule has 0 bridgehead atoms. The number of halogens is 1.